The van der Waals surface area contributed by atoms with E-state index in [0.29, 0.717) is 29.8 Å². The van der Waals surface area contributed by atoms with Gasteiger partial charge in [0.05, 0.1) is 5.92 Å². The predicted molar refractivity (Wildman–Crippen MR) is 75.0 cm³/mol. The van der Waals surface area contributed by atoms with Crippen molar-refractivity contribution in [1.82, 2.24) is 4.90 Å². The van der Waals surface area contributed by atoms with Crippen molar-refractivity contribution in [2.75, 3.05) is 19.3 Å². The fourth-order valence-corrected chi connectivity index (χ4v) is 2.85. The Morgan fingerprint density at radius 2 is 1.95 bits per heavy atom. The number of carbonyl (C=O) groups excluding carboxylic acids is 1. The first-order valence-electron chi connectivity index (χ1n) is 6.44. The van der Waals surface area contributed by atoms with E-state index >= 15 is 0 Å². The van der Waals surface area contributed by atoms with Crippen LogP contribution in [-0.4, -0.2) is 45.4 Å². The Bertz CT molecular complexity index is 541. The average molecular weight is 295 g/mol. The van der Waals surface area contributed by atoms with E-state index in [1.807, 2.05) is 0 Å². The molecule has 108 valence electrons. The number of amides is 1. The van der Waals surface area contributed by atoms with E-state index in [1.54, 1.807) is 35.4 Å². The highest BCUT2D eigenvalue weighted by Crippen LogP contribution is 2.19. The highest BCUT2D eigenvalue weighted by molar-refractivity contribution is 7.84. The molecule has 1 saturated heterocycles. The van der Waals surface area contributed by atoms with Crippen molar-refractivity contribution >= 4 is 22.7 Å². The minimum absolute atomic E-state index is 0.163. The first-order chi connectivity index (χ1) is 9.49. The summed E-state index contributed by atoms with van der Waals surface area (Å²) in [5.74, 6) is -1.49. The molecule has 0 unspecified atom stereocenters. The van der Waals surface area contributed by atoms with Gasteiger partial charge in [0, 0.05) is 40.6 Å². The van der Waals surface area contributed by atoms with Gasteiger partial charge in [0.2, 0.25) is 0 Å². The minimum atomic E-state index is -1.07. The summed E-state index contributed by atoms with van der Waals surface area (Å²) >= 11 is 0. The molecule has 1 aromatic carbocycles. The van der Waals surface area contributed by atoms with Crippen molar-refractivity contribution in [2.24, 2.45) is 5.92 Å². The number of aliphatic carboxylic acids is 1. The van der Waals surface area contributed by atoms with E-state index in [4.69, 9.17) is 5.11 Å². The lowest BCUT2D eigenvalue weighted by Gasteiger charge is -2.30. The molecule has 0 spiro atoms. The second-order valence-corrected chi connectivity index (χ2v) is 6.29. The number of benzene rings is 1. The SMILES string of the molecule is C[S@](=O)c1ccc(C(=O)N2CCC[C@@H](C(=O)O)C2)cc1. The molecule has 1 aliphatic rings. The quantitative estimate of drug-likeness (QED) is 0.913. The van der Waals surface area contributed by atoms with Crippen molar-refractivity contribution < 1.29 is 18.9 Å². The fraction of sp³-hybridized carbons (Fsp3) is 0.429. The van der Waals surface area contributed by atoms with Gasteiger partial charge in [-0.1, -0.05) is 0 Å². The van der Waals surface area contributed by atoms with Crippen LogP contribution in [0.25, 0.3) is 0 Å². The lowest BCUT2D eigenvalue weighted by molar-refractivity contribution is -0.143. The summed E-state index contributed by atoms with van der Waals surface area (Å²) in [5.41, 5.74) is 0.505. The summed E-state index contributed by atoms with van der Waals surface area (Å²) in [6.07, 6.45) is 2.91. The maximum absolute atomic E-state index is 12.3. The summed E-state index contributed by atoms with van der Waals surface area (Å²) in [7, 11) is -1.07. The third-order valence-corrected chi connectivity index (χ3v) is 4.43. The summed E-state index contributed by atoms with van der Waals surface area (Å²) in [6.45, 7) is 0.847. The monoisotopic (exact) mass is 295 g/mol. The zero-order valence-electron chi connectivity index (χ0n) is 11.2. The van der Waals surface area contributed by atoms with Gasteiger partial charge < -0.3 is 10.0 Å². The van der Waals surface area contributed by atoms with Crippen molar-refractivity contribution in [2.45, 2.75) is 17.7 Å². The number of hydrogen-bond acceptors (Lipinski definition) is 3. The lowest BCUT2D eigenvalue weighted by atomic mass is 9.97. The van der Waals surface area contributed by atoms with Crippen LogP contribution in [0.4, 0.5) is 0 Å². The smallest absolute Gasteiger partial charge is 0.308 e. The molecule has 1 aliphatic heterocycles. The van der Waals surface area contributed by atoms with Crippen molar-refractivity contribution in [3.05, 3.63) is 29.8 Å². The van der Waals surface area contributed by atoms with Crippen LogP contribution in [0, 0.1) is 5.92 Å². The van der Waals surface area contributed by atoms with Crippen LogP contribution in [0.2, 0.25) is 0 Å². The average Bonchev–Trinajstić information content (AvgIpc) is 2.46. The maximum atomic E-state index is 12.3. The highest BCUT2D eigenvalue weighted by atomic mass is 32.2. The van der Waals surface area contributed by atoms with Crippen molar-refractivity contribution in [3.63, 3.8) is 0 Å². The van der Waals surface area contributed by atoms with E-state index in [-0.39, 0.29) is 12.5 Å². The van der Waals surface area contributed by atoms with Crippen LogP contribution < -0.4 is 0 Å². The second-order valence-electron chi connectivity index (χ2n) is 4.91. The minimum Gasteiger partial charge on any atom is -0.481 e. The van der Waals surface area contributed by atoms with Crippen LogP contribution in [-0.2, 0) is 15.6 Å². The van der Waals surface area contributed by atoms with Crippen molar-refractivity contribution in [1.29, 1.82) is 0 Å². The van der Waals surface area contributed by atoms with Crippen LogP contribution in [0.3, 0.4) is 0 Å². The molecule has 0 bridgehead atoms. The molecular formula is C14H17NO4S. The third kappa shape index (κ3) is 3.25. The number of hydrogen-bond donors (Lipinski definition) is 1. The number of carbonyl (C=O) groups is 2. The standard InChI is InChI=1S/C14H17NO4S/c1-20(19)12-6-4-10(5-7-12)13(16)15-8-2-3-11(9-15)14(17)18/h4-7,11H,2-3,8-9H2,1H3,(H,17,18)/t11-,20+/m1/s1. The van der Waals surface area contributed by atoms with E-state index in [1.165, 1.54) is 0 Å². The Morgan fingerprint density at radius 1 is 1.30 bits per heavy atom. The molecule has 1 heterocycles. The van der Waals surface area contributed by atoms with Crippen LogP contribution >= 0.6 is 0 Å². The molecule has 1 amide bonds. The normalized spacial score (nSPS) is 20.4. The molecule has 6 heteroatoms. The molecule has 0 aromatic heterocycles. The van der Waals surface area contributed by atoms with Gasteiger partial charge in [-0.25, -0.2) is 0 Å². The molecule has 0 saturated carbocycles. The van der Waals surface area contributed by atoms with Gasteiger partial charge in [-0.2, -0.15) is 0 Å². The zero-order chi connectivity index (χ0) is 14.7. The predicted octanol–water partition coefficient (Wildman–Crippen LogP) is 1.36. The first kappa shape index (κ1) is 14.7. The van der Waals surface area contributed by atoms with Crippen molar-refractivity contribution in [3.8, 4) is 0 Å². The summed E-state index contributed by atoms with van der Waals surface area (Å²) in [6, 6.07) is 6.62. The number of piperidine rings is 1. The molecule has 5 nitrogen and oxygen atoms in total. The summed E-state index contributed by atoms with van der Waals surface area (Å²) in [4.78, 5) is 25.6. The number of nitrogens with zero attached hydrogens (tertiary/aromatic N) is 1. The molecule has 2 rings (SSSR count). The molecule has 1 aromatic rings. The van der Waals surface area contributed by atoms with Gasteiger partial charge in [-0.15, -0.1) is 0 Å². The lowest BCUT2D eigenvalue weighted by Crippen LogP contribution is -2.42. The number of carboxylic acid groups (broad SMARTS) is 1. The fourth-order valence-electron chi connectivity index (χ4n) is 2.33. The summed E-state index contributed by atoms with van der Waals surface area (Å²) < 4.78 is 11.3. The van der Waals surface area contributed by atoms with Crippen LogP contribution in [0.1, 0.15) is 23.2 Å². The molecular weight excluding hydrogens is 278 g/mol. The van der Waals surface area contributed by atoms with Crippen LogP contribution in [0.15, 0.2) is 29.2 Å². The van der Waals surface area contributed by atoms with Gasteiger partial charge in [-0.3, -0.25) is 13.8 Å². The van der Waals surface area contributed by atoms with Gasteiger partial charge in [0.15, 0.2) is 0 Å². The summed E-state index contributed by atoms with van der Waals surface area (Å²) in [5, 5.41) is 9.03. The Hall–Kier alpha value is -1.69. The van der Waals surface area contributed by atoms with E-state index in [0.717, 1.165) is 0 Å². The highest BCUT2D eigenvalue weighted by Gasteiger charge is 2.28. The van der Waals surface area contributed by atoms with Gasteiger partial charge in [0.25, 0.3) is 5.91 Å². The number of rotatable bonds is 3. The molecule has 2 atom stereocenters. The molecule has 1 N–H and O–H groups in total. The van der Waals surface area contributed by atoms with Gasteiger partial charge in [-0.05, 0) is 37.1 Å². The second kappa shape index (κ2) is 6.17. The number of likely N-dealkylation sites (tertiary alicyclic amines) is 1. The van der Waals surface area contributed by atoms with E-state index < -0.39 is 22.7 Å². The number of carboxylic acids is 1. The van der Waals surface area contributed by atoms with Gasteiger partial charge in [0.1, 0.15) is 0 Å². The van der Waals surface area contributed by atoms with E-state index in [2.05, 4.69) is 0 Å². The zero-order valence-corrected chi connectivity index (χ0v) is 12.1. The molecule has 20 heavy (non-hydrogen) atoms. The van der Waals surface area contributed by atoms with E-state index in [9.17, 15) is 13.8 Å². The molecule has 0 radical (unpaired) electrons. The maximum Gasteiger partial charge on any atom is 0.308 e. The Morgan fingerprint density at radius 3 is 2.50 bits per heavy atom. The Labute approximate surface area is 120 Å². The van der Waals surface area contributed by atoms with Crippen LogP contribution in [0.5, 0.6) is 0 Å². The molecule has 0 aliphatic carbocycles. The largest absolute Gasteiger partial charge is 0.481 e. The topological polar surface area (TPSA) is 74.7 Å². The first-order valence-corrected chi connectivity index (χ1v) is 8.00. The Kier molecular flexibility index (Phi) is 4.54. The Balaban J connectivity index is 2.10. The third-order valence-electron chi connectivity index (χ3n) is 3.49. The molecule has 1 fully saturated rings. The van der Waals surface area contributed by atoms with Gasteiger partial charge >= 0.3 is 5.97 Å².